The smallest absolute Gasteiger partial charge is 0.340 e. The SMILES string of the molecule is O=C(NCC1C=CCN1C(=O)c1cc(O)cc(=O)o1)c1coc(C(F)F)c1. The second kappa shape index (κ2) is 7.44. The highest BCUT2D eigenvalue weighted by Gasteiger charge is 2.28. The lowest BCUT2D eigenvalue weighted by molar-refractivity contribution is 0.0703. The molecule has 0 spiro atoms. The molecule has 2 aromatic heterocycles. The molecule has 2 aromatic rings. The molecule has 0 bridgehead atoms. The van der Waals surface area contributed by atoms with Gasteiger partial charge in [-0.3, -0.25) is 9.59 Å². The van der Waals surface area contributed by atoms with Gasteiger partial charge >= 0.3 is 5.63 Å². The molecule has 0 fully saturated rings. The van der Waals surface area contributed by atoms with Crippen LogP contribution in [-0.2, 0) is 0 Å². The third-order valence-electron chi connectivity index (χ3n) is 3.86. The second-order valence-corrected chi connectivity index (χ2v) is 5.70. The van der Waals surface area contributed by atoms with Gasteiger partial charge in [0.2, 0.25) is 0 Å². The van der Waals surface area contributed by atoms with Crippen molar-refractivity contribution in [2.24, 2.45) is 0 Å². The summed E-state index contributed by atoms with van der Waals surface area (Å²) in [5.41, 5.74) is -0.936. The van der Waals surface area contributed by atoms with Crippen LogP contribution in [0.4, 0.5) is 8.78 Å². The summed E-state index contributed by atoms with van der Waals surface area (Å²) in [6, 6.07) is 2.25. The number of hydrogen-bond donors (Lipinski definition) is 2. The summed E-state index contributed by atoms with van der Waals surface area (Å²) in [6.07, 6.45) is 1.45. The monoisotopic (exact) mass is 380 g/mol. The van der Waals surface area contributed by atoms with Crippen molar-refractivity contribution >= 4 is 11.8 Å². The number of carbonyl (C=O) groups is 2. The van der Waals surface area contributed by atoms with E-state index >= 15 is 0 Å². The van der Waals surface area contributed by atoms with E-state index in [0.29, 0.717) is 0 Å². The maximum atomic E-state index is 12.5. The Kier molecular flexibility index (Phi) is 5.06. The molecule has 10 heteroatoms. The number of hydrogen-bond acceptors (Lipinski definition) is 6. The first-order valence-electron chi connectivity index (χ1n) is 7.81. The van der Waals surface area contributed by atoms with Crippen LogP contribution in [-0.4, -0.2) is 41.0 Å². The Morgan fingerprint density at radius 2 is 2.11 bits per heavy atom. The van der Waals surface area contributed by atoms with E-state index in [-0.39, 0.29) is 24.4 Å². The summed E-state index contributed by atoms with van der Waals surface area (Å²) in [5.74, 6) is -2.63. The van der Waals surface area contributed by atoms with Crippen LogP contribution in [0.3, 0.4) is 0 Å². The molecule has 0 saturated carbocycles. The molecular formula is C17H14F2N2O6. The molecular weight excluding hydrogens is 366 g/mol. The van der Waals surface area contributed by atoms with Gasteiger partial charge in [0.05, 0.1) is 17.7 Å². The molecule has 0 radical (unpaired) electrons. The van der Waals surface area contributed by atoms with Gasteiger partial charge in [0.25, 0.3) is 18.2 Å². The molecule has 0 aromatic carbocycles. The number of halogens is 2. The highest BCUT2D eigenvalue weighted by Crippen LogP contribution is 2.21. The van der Waals surface area contributed by atoms with Crippen LogP contribution in [0, 0.1) is 0 Å². The fraction of sp³-hybridized carbons (Fsp3) is 0.235. The Balaban J connectivity index is 1.65. The molecule has 142 valence electrons. The average Bonchev–Trinajstić information content (AvgIpc) is 3.27. The normalized spacial score (nSPS) is 16.1. The predicted molar refractivity (Wildman–Crippen MR) is 86.6 cm³/mol. The zero-order valence-electron chi connectivity index (χ0n) is 13.7. The molecule has 2 amide bonds. The van der Waals surface area contributed by atoms with Crippen molar-refractivity contribution in [2.75, 3.05) is 13.1 Å². The van der Waals surface area contributed by atoms with Gasteiger partial charge in [0.1, 0.15) is 12.0 Å². The Hall–Kier alpha value is -3.43. The predicted octanol–water partition coefficient (Wildman–Crippen LogP) is 1.69. The van der Waals surface area contributed by atoms with Crippen LogP contribution < -0.4 is 10.9 Å². The number of nitrogens with zero attached hydrogens (tertiary/aromatic N) is 1. The first-order valence-corrected chi connectivity index (χ1v) is 7.81. The lowest BCUT2D eigenvalue weighted by Crippen LogP contribution is -2.43. The number of nitrogens with one attached hydrogen (secondary N) is 1. The van der Waals surface area contributed by atoms with E-state index in [2.05, 4.69) is 9.73 Å². The van der Waals surface area contributed by atoms with E-state index in [1.165, 1.54) is 4.90 Å². The van der Waals surface area contributed by atoms with E-state index in [9.17, 15) is 28.3 Å². The lowest BCUT2D eigenvalue weighted by Gasteiger charge is -2.24. The number of carbonyl (C=O) groups excluding carboxylic acids is 2. The molecule has 2 N–H and O–H groups in total. The third-order valence-corrected chi connectivity index (χ3v) is 3.86. The van der Waals surface area contributed by atoms with E-state index in [4.69, 9.17) is 4.42 Å². The minimum atomic E-state index is -2.82. The van der Waals surface area contributed by atoms with E-state index < -0.39 is 41.4 Å². The Morgan fingerprint density at radius 1 is 1.33 bits per heavy atom. The maximum Gasteiger partial charge on any atom is 0.340 e. The maximum absolute atomic E-state index is 12.5. The van der Waals surface area contributed by atoms with Crippen LogP contribution in [0.1, 0.15) is 33.1 Å². The van der Waals surface area contributed by atoms with Crippen LogP contribution >= 0.6 is 0 Å². The minimum Gasteiger partial charge on any atom is -0.508 e. The zero-order chi connectivity index (χ0) is 19.6. The Labute approximate surface area is 150 Å². The van der Waals surface area contributed by atoms with Crippen molar-refractivity contribution in [3.05, 3.63) is 64.1 Å². The summed E-state index contributed by atoms with van der Waals surface area (Å²) in [5, 5.41) is 12.0. The van der Waals surface area contributed by atoms with Gasteiger partial charge in [-0.25, -0.2) is 13.6 Å². The van der Waals surface area contributed by atoms with E-state index in [0.717, 1.165) is 24.5 Å². The van der Waals surface area contributed by atoms with Crippen molar-refractivity contribution in [2.45, 2.75) is 12.5 Å². The van der Waals surface area contributed by atoms with Crippen LogP contribution in [0.5, 0.6) is 5.75 Å². The number of amides is 2. The summed E-state index contributed by atoms with van der Waals surface area (Å²) in [6.45, 7) is 0.208. The van der Waals surface area contributed by atoms with Crippen molar-refractivity contribution in [3.8, 4) is 5.75 Å². The van der Waals surface area contributed by atoms with Gasteiger partial charge in [0, 0.05) is 19.2 Å². The molecule has 1 aliphatic rings. The number of aromatic hydroxyl groups is 1. The van der Waals surface area contributed by atoms with Gasteiger partial charge in [-0.1, -0.05) is 12.2 Å². The first-order chi connectivity index (χ1) is 12.8. The van der Waals surface area contributed by atoms with Gasteiger partial charge in [0.15, 0.2) is 11.5 Å². The zero-order valence-corrected chi connectivity index (χ0v) is 13.7. The number of alkyl halides is 2. The van der Waals surface area contributed by atoms with E-state index in [1.807, 2.05) is 0 Å². The minimum absolute atomic E-state index is 0.000681. The molecule has 1 unspecified atom stereocenters. The van der Waals surface area contributed by atoms with Crippen LogP contribution in [0.2, 0.25) is 0 Å². The van der Waals surface area contributed by atoms with Gasteiger partial charge in [-0.2, -0.15) is 0 Å². The first kappa shape index (κ1) is 18.4. The van der Waals surface area contributed by atoms with E-state index in [1.54, 1.807) is 12.2 Å². The topological polar surface area (TPSA) is 113 Å². The molecule has 1 aliphatic heterocycles. The van der Waals surface area contributed by atoms with Crippen molar-refractivity contribution in [3.63, 3.8) is 0 Å². The molecule has 3 heterocycles. The van der Waals surface area contributed by atoms with Crippen LogP contribution in [0.15, 0.2) is 50.2 Å². The van der Waals surface area contributed by atoms with Gasteiger partial charge < -0.3 is 24.2 Å². The molecule has 3 rings (SSSR count). The highest BCUT2D eigenvalue weighted by atomic mass is 19.3. The molecule has 8 nitrogen and oxygen atoms in total. The van der Waals surface area contributed by atoms with Gasteiger partial charge in [-0.05, 0) is 6.07 Å². The number of rotatable bonds is 5. The molecule has 0 aliphatic carbocycles. The third kappa shape index (κ3) is 4.05. The average molecular weight is 380 g/mol. The van der Waals surface area contributed by atoms with Gasteiger partial charge in [-0.15, -0.1) is 0 Å². The van der Waals surface area contributed by atoms with Crippen molar-refractivity contribution in [1.29, 1.82) is 0 Å². The number of furan rings is 1. The Bertz CT molecular complexity index is 949. The fourth-order valence-electron chi connectivity index (χ4n) is 2.58. The lowest BCUT2D eigenvalue weighted by atomic mass is 10.2. The summed E-state index contributed by atoms with van der Waals surface area (Å²) >= 11 is 0. The van der Waals surface area contributed by atoms with Crippen molar-refractivity contribution < 1.29 is 32.3 Å². The molecule has 27 heavy (non-hydrogen) atoms. The summed E-state index contributed by atoms with van der Waals surface area (Å²) in [4.78, 5) is 37.1. The summed E-state index contributed by atoms with van der Waals surface area (Å²) < 4.78 is 34.4. The Morgan fingerprint density at radius 3 is 2.78 bits per heavy atom. The second-order valence-electron chi connectivity index (χ2n) is 5.70. The summed E-state index contributed by atoms with van der Waals surface area (Å²) in [7, 11) is 0. The van der Waals surface area contributed by atoms with Crippen molar-refractivity contribution in [1.82, 2.24) is 10.2 Å². The molecule has 0 saturated heterocycles. The highest BCUT2D eigenvalue weighted by molar-refractivity contribution is 5.94. The quantitative estimate of drug-likeness (QED) is 0.764. The fourth-order valence-corrected chi connectivity index (χ4v) is 2.58. The largest absolute Gasteiger partial charge is 0.508 e. The molecule has 1 atom stereocenters. The van der Waals surface area contributed by atoms with Crippen LogP contribution in [0.25, 0.3) is 0 Å². The standard InChI is InChI=1S/C17H14F2N2O6/c18-15(19)12-4-9(8-26-12)16(24)20-7-10-2-1-3-21(10)17(25)13-5-11(22)6-14(23)27-13/h1-2,4-6,8,10,15,22H,3,7H2,(H,20,24).